The monoisotopic (exact) mass is 712 g/mol. The van der Waals surface area contributed by atoms with E-state index in [1.165, 1.54) is 0 Å². The van der Waals surface area contributed by atoms with Gasteiger partial charge in [-0.2, -0.15) is 0 Å². The summed E-state index contributed by atoms with van der Waals surface area (Å²) < 4.78 is 59.7. The summed E-state index contributed by atoms with van der Waals surface area (Å²) in [6.45, 7) is 11.6. The van der Waals surface area contributed by atoms with E-state index in [4.69, 9.17) is 42.6 Å². The van der Waals surface area contributed by atoms with Gasteiger partial charge < -0.3 is 47.4 Å². The van der Waals surface area contributed by atoms with Crippen molar-refractivity contribution in [2.24, 2.45) is 11.8 Å². The Bertz CT molecular complexity index is 1370. The molecule has 1 spiro atoms. The van der Waals surface area contributed by atoms with Gasteiger partial charge in [-0.15, -0.1) is 0 Å². The Morgan fingerprint density at radius 3 is 2.41 bits per heavy atom. The molecule has 10 heterocycles. The molecule has 12 bridgehead atoms. The molecule has 18 atom stereocenters. The van der Waals surface area contributed by atoms with Crippen molar-refractivity contribution in [3.8, 4) is 0 Å². The molecule has 51 heavy (non-hydrogen) atoms. The van der Waals surface area contributed by atoms with Crippen molar-refractivity contribution in [3.05, 3.63) is 24.3 Å². The highest BCUT2D eigenvalue weighted by molar-refractivity contribution is 5.79. The lowest BCUT2D eigenvalue weighted by Gasteiger charge is -2.50. The maximum absolute atomic E-state index is 13.9. The van der Waals surface area contributed by atoms with Crippen molar-refractivity contribution in [2.75, 3.05) is 13.7 Å². The predicted molar refractivity (Wildman–Crippen MR) is 182 cm³/mol. The van der Waals surface area contributed by atoms with Crippen LogP contribution in [0.5, 0.6) is 0 Å². The van der Waals surface area contributed by atoms with Crippen molar-refractivity contribution in [3.63, 3.8) is 0 Å². The molecule has 282 valence electrons. The first kappa shape index (κ1) is 35.2. The van der Waals surface area contributed by atoms with E-state index in [-0.39, 0.29) is 116 Å². The van der Waals surface area contributed by atoms with Crippen LogP contribution in [0.4, 0.5) is 0 Å². The second-order valence-corrected chi connectivity index (χ2v) is 17.2. The van der Waals surface area contributed by atoms with E-state index in [0.29, 0.717) is 19.4 Å². The quantitative estimate of drug-likeness (QED) is 0.307. The van der Waals surface area contributed by atoms with Gasteiger partial charge in [0.25, 0.3) is 0 Å². The van der Waals surface area contributed by atoms with Gasteiger partial charge in [-0.3, -0.25) is 4.79 Å². The predicted octanol–water partition coefficient (Wildman–Crippen LogP) is 4.36. The number of aldehydes is 1. The number of ketones is 1. The molecule has 0 N–H and O–H groups in total. The molecule has 0 aromatic heterocycles. The lowest BCUT2D eigenvalue weighted by atomic mass is 9.81. The third-order valence-corrected chi connectivity index (χ3v) is 13.9. The third-order valence-electron chi connectivity index (χ3n) is 13.9. The zero-order valence-corrected chi connectivity index (χ0v) is 30.2. The summed E-state index contributed by atoms with van der Waals surface area (Å²) >= 11 is 0. The topological polar surface area (TPSA) is 117 Å². The number of rotatable bonds is 3. The maximum Gasteiger partial charge on any atom is 0.135 e. The van der Waals surface area contributed by atoms with Crippen LogP contribution >= 0.6 is 0 Å². The molecule has 10 aliphatic heterocycles. The van der Waals surface area contributed by atoms with E-state index >= 15 is 0 Å². The van der Waals surface area contributed by atoms with Crippen LogP contribution in [0.2, 0.25) is 0 Å². The molecule has 0 radical (unpaired) electrons. The normalized spacial score (nSPS) is 52.7. The molecule has 10 rings (SSSR count). The molecule has 11 heteroatoms. The molecule has 10 saturated heterocycles. The third kappa shape index (κ3) is 6.44. The van der Waals surface area contributed by atoms with Crippen molar-refractivity contribution < 1.29 is 52.2 Å². The summed E-state index contributed by atoms with van der Waals surface area (Å²) in [6.07, 6.45) is 6.96. The lowest BCUT2D eigenvalue weighted by Crippen LogP contribution is -2.64. The first-order valence-corrected chi connectivity index (χ1v) is 19.8. The van der Waals surface area contributed by atoms with Crippen molar-refractivity contribution in [1.29, 1.82) is 0 Å². The maximum atomic E-state index is 13.9. The zero-order chi connectivity index (χ0) is 35.0. The van der Waals surface area contributed by atoms with Crippen LogP contribution < -0.4 is 0 Å². The fraction of sp³-hybridized carbons (Fsp3) is 0.850. The number of fused-ring (bicyclic) bond motifs is 6. The minimum atomic E-state index is -0.460. The van der Waals surface area contributed by atoms with Gasteiger partial charge in [0.05, 0.1) is 73.2 Å². The van der Waals surface area contributed by atoms with Gasteiger partial charge in [0, 0.05) is 45.1 Å². The van der Waals surface area contributed by atoms with Crippen LogP contribution in [0.3, 0.4) is 0 Å². The Hall–Kier alpha value is -1.54. The number of carbonyl (C=O) groups is 2. The van der Waals surface area contributed by atoms with Gasteiger partial charge in [0.2, 0.25) is 0 Å². The van der Waals surface area contributed by atoms with Gasteiger partial charge in [-0.05, 0) is 68.4 Å². The van der Waals surface area contributed by atoms with Crippen molar-refractivity contribution >= 4 is 12.1 Å². The Kier molecular flexibility index (Phi) is 9.62. The minimum absolute atomic E-state index is 0.000602. The van der Waals surface area contributed by atoms with E-state index in [1.807, 2.05) is 0 Å². The van der Waals surface area contributed by atoms with Crippen LogP contribution in [0.1, 0.15) is 90.4 Å². The number of hydrogen-bond donors (Lipinski definition) is 0. The van der Waals surface area contributed by atoms with E-state index in [2.05, 4.69) is 20.1 Å². The molecule has 0 aromatic carbocycles. The summed E-state index contributed by atoms with van der Waals surface area (Å²) in [7, 11) is 1.64. The van der Waals surface area contributed by atoms with E-state index in [9.17, 15) is 9.59 Å². The van der Waals surface area contributed by atoms with Crippen LogP contribution in [0.25, 0.3) is 0 Å². The van der Waals surface area contributed by atoms with E-state index < -0.39 is 11.7 Å². The SMILES string of the molecule is C=C1C[C@@H]2CC[C@@]34COC5C6OC(C3)C(O4)[C@@H]6OC3CCC(CC(=O)CC4[C@H](CC6OC(CCC1O2)CC(C)C6=C)O[C@H](CC=O)[C@@H]4OC)O[C@@H]35. The van der Waals surface area contributed by atoms with Crippen LogP contribution in [0, 0.1) is 11.8 Å². The molecular weight excluding hydrogens is 656 g/mol. The highest BCUT2D eigenvalue weighted by atomic mass is 16.7. The summed E-state index contributed by atoms with van der Waals surface area (Å²) in [6, 6.07) is 0. The number of methoxy groups -OCH3 is 1. The highest BCUT2D eigenvalue weighted by Gasteiger charge is 2.65. The van der Waals surface area contributed by atoms with Gasteiger partial charge in [0.1, 0.15) is 42.6 Å². The largest absolute Gasteiger partial charge is 0.378 e. The molecule has 10 aliphatic rings. The average molecular weight is 713 g/mol. The summed E-state index contributed by atoms with van der Waals surface area (Å²) in [5.74, 6) is 0.174. The zero-order valence-electron chi connectivity index (χ0n) is 30.2. The lowest BCUT2D eigenvalue weighted by molar-refractivity contribution is -0.300. The Labute approximate surface area is 301 Å². The second kappa shape index (κ2) is 13.9. The van der Waals surface area contributed by atoms with E-state index in [1.54, 1.807) is 7.11 Å². The minimum Gasteiger partial charge on any atom is -0.378 e. The molecule has 11 nitrogen and oxygen atoms in total. The first-order valence-electron chi connectivity index (χ1n) is 19.8. The van der Waals surface area contributed by atoms with Crippen LogP contribution in [-0.2, 0) is 52.2 Å². The van der Waals surface area contributed by atoms with Gasteiger partial charge >= 0.3 is 0 Å². The standard InChI is InChI=1S/C40H56O11/c1-20-13-24-5-7-28-21(2)14-26(45-28)9-11-40-18-33-36(51-40)38-39(50-33)37(44-19-40)35-29(49-38)8-6-25(47-35)15-23(42)16-27-32(17-31(46-24)22(20)3)48-30(10-12-41)34(27)43-4/h12,20,24-39H,2-3,5-11,13-19H2,1,4H3/t20?,24?,25?,26-,27?,28?,29?,30+,31?,32-,33?,34+,35-,36?,37?,38-,39?,40-/m0/s1. The van der Waals surface area contributed by atoms with Crippen molar-refractivity contribution in [2.45, 2.75) is 188 Å². The molecule has 0 saturated carbocycles. The van der Waals surface area contributed by atoms with Crippen LogP contribution in [0.15, 0.2) is 24.3 Å². The molecule has 11 unspecified atom stereocenters. The van der Waals surface area contributed by atoms with Crippen LogP contribution in [-0.4, -0.2) is 123 Å². The highest BCUT2D eigenvalue weighted by Crippen LogP contribution is 2.52. The average Bonchev–Trinajstić information content (AvgIpc) is 3.83. The van der Waals surface area contributed by atoms with Crippen molar-refractivity contribution in [1.82, 2.24) is 0 Å². The number of carbonyl (C=O) groups excluding carboxylic acids is 2. The number of ether oxygens (including phenoxy) is 9. The van der Waals surface area contributed by atoms with E-state index in [0.717, 1.165) is 75.2 Å². The van der Waals surface area contributed by atoms with Gasteiger partial charge in [0.15, 0.2) is 0 Å². The van der Waals surface area contributed by atoms with Gasteiger partial charge in [-0.25, -0.2) is 0 Å². The first-order chi connectivity index (χ1) is 24.7. The summed E-state index contributed by atoms with van der Waals surface area (Å²) in [4.78, 5) is 25.6. The molecular formula is C40H56O11. The second-order valence-electron chi connectivity index (χ2n) is 17.2. The molecule has 0 aromatic rings. The van der Waals surface area contributed by atoms with Gasteiger partial charge in [-0.1, -0.05) is 20.1 Å². The Morgan fingerprint density at radius 1 is 0.784 bits per heavy atom. The number of hydrogen-bond acceptors (Lipinski definition) is 11. The molecule has 0 amide bonds. The Balaban J connectivity index is 0.989. The summed E-state index contributed by atoms with van der Waals surface area (Å²) in [5, 5.41) is 0. The summed E-state index contributed by atoms with van der Waals surface area (Å²) in [5.41, 5.74) is 1.75. The molecule has 0 aliphatic carbocycles. The Morgan fingerprint density at radius 2 is 1.57 bits per heavy atom. The fourth-order valence-corrected chi connectivity index (χ4v) is 11.2. The number of Topliss-reactive ketones (excluding diaryl/α,β-unsaturated/α-hetero) is 1. The fourth-order valence-electron chi connectivity index (χ4n) is 11.2. The molecule has 10 fully saturated rings. The smallest absolute Gasteiger partial charge is 0.135 e.